The van der Waals surface area contributed by atoms with Crippen LogP contribution in [0.15, 0.2) is 12.1 Å². The molecular weight excluding hydrogens is 247 g/mol. The van der Waals surface area contributed by atoms with E-state index in [1.165, 1.54) is 0 Å². The lowest BCUT2D eigenvalue weighted by Crippen LogP contribution is -2.24. The average Bonchev–Trinajstić information content (AvgIpc) is 2.21. The van der Waals surface area contributed by atoms with Crippen LogP contribution >= 0.6 is 12.4 Å². The molecule has 3 nitrogen and oxygen atoms in total. The van der Waals surface area contributed by atoms with Gasteiger partial charge in [-0.05, 0) is 6.07 Å². The molecule has 0 spiro atoms. The van der Waals surface area contributed by atoms with E-state index in [0.717, 1.165) is 7.11 Å². The zero-order valence-corrected chi connectivity index (χ0v) is 8.98. The number of rotatable bonds is 2. The summed E-state index contributed by atoms with van der Waals surface area (Å²) < 4.78 is 42.6. The maximum atomic E-state index is 13.1. The Balaban J connectivity index is 0.00000225. The molecular formula is C9H9ClF3NO2. The number of benzene rings is 1. The molecule has 0 fully saturated rings. The number of hydrogen-bond donors (Lipinski definition) is 1. The van der Waals surface area contributed by atoms with Gasteiger partial charge in [-0.1, -0.05) is 0 Å². The third-order valence-electron chi connectivity index (χ3n) is 1.83. The zero-order chi connectivity index (χ0) is 11.6. The van der Waals surface area contributed by atoms with Gasteiger partial charge in [-0.3, -0.25) is 4.79 Å². The first-order valence-corrected chi connectivity index (χ1v) is 3.95. The molecule has 0 saturated carbocycles. The fourth-order valence-electron chi connectivity index (χ4n) is 1.03. The molecule has 1 atom stereocenters. The summed E-state index contributed by atoms with van der Waals surface area (Å²) in [7, 11) is 1.06. The molecule has 1 aromatic rings. The first-order valence-electron chi connectivity index (χ1n) is 3.95. The van der Waals surface area contributed by atoms with Crippen LogP contribution < -0.4 is 5.73 Å². The predicted octanol–water partition coefficient (Wildman–Crippen LogP) is 1.70. The average molecular weight is 256 g/mol. The standard InChI is InChI=1S/C9H8F3NO2.ClH/c1-15-9(14)8(13)4-2-6(11)7(12)3-5(4)10;/h2-3,8H,13H2,1H3;1H/t8-;/m1./s1. The number of ether oxygens (including phenoxy) is 1. The first kappa shape index (κ1) is 14.7. The molecule has 1 rings (SSSR count). The van der Waals surface area contributed by atoms with Gasteiger partial charge in [0.15, 0.2) is 11.6 Å². The molecule has 1 aromatic carbocycles. The monoisotopic (exact) mass is 255 g/mol. The Morgan fingerprint density at radius 2 is 1.75 bits per heavy atom. The Morgan fingerprint density at radius 3 is 2.25 bits per heavy atom. The Bertz CT molecular complexity index is 401. The molecule has 0 aliphatic heterocycles. The molecule has 7 heteroatoms. The van der Waals surface area contributed by atoms with Crippen LogP contribution in [0.2, 0.25) is 0 Å². The van der Waals surface area contributed by atoms with Crippen molar-refractivity contribution in [3.05, 3.63) is 35.1 Å². The highest BCUT2D eigenvalue weighted by atomic mass is 35.5. The van der Waals surface area contributed by atoms with Crippen LogP contribution in [0.1, 0.15) is 11.6 Å². The van der Waals surface area contributed by atoms with E-state index < -0.39 is 35.0 Å². The second-order valence-corrected chi connectivity index (χ2v) is 2.79. The maximum Gasteiger partial charge on any atom is 0.327 e. The van der Waals surface area contributed by atoms with Gasteiger partial charge < -0.3 is 10.5 Å². The number of carbonyl (C=O) groups excluding carboxylic acids is 1. The van der Waals surface area contributed by atoms with E-state index in [0.29, 0.717) is 12.1 Å². The van der Waals surface area contributed by atoms with Gasteiger partial charge in [0.05, 0.1) is 7.11 Å². The molecule has 2 N–H and O–H groups in total. The highest BCUT2D eigenvalue weighted by Gasteiger charge is 2.22. The van der Waals surface area contributed by atoms with Gasteiger partial charge in [-0.15, -0.1) is 12.4 Å². The van der Waals surface area contributed by atoms with Gasteiger partial charge in [-0.2, -0.15) is 0 Å². The molecule has 0 heterocycles. The number of nitrogens with two attached hydrogens (primary N) is 1. The largest absolute Gasteiger partial charge is 0.468 e. The van der Waals surface area contributed by atoms with Crippen LogP contribution in [0.4, 0.5) is 13.2 Å². The second-order valence-electron chi connectivity index (χ2n) is 2.79. The lowest BCUT2D eigenvalue weighted by molar-refractivity contribution is -0.142. The van der Waals surface area contributed by atoms with E-state index in [2.05, 4.69) is 4.74 Å². The topological polar surface area (TPSA) is 52.3 Å². The zero-order valence-electron chi connectivity index (χ0n) is 8.17. The molecule has 0 bridgehead atoms. The minimum Gasteiger partial charge on any atom is -0.468 e. The van der Waals surface area contributed by atoms with Crippen LogP contribution in [0.5, 0.6) is 0 Å². The van der Waals surface area contributed by atoms with Crippen LogP contribution in [-0.4, -0.2) is 13.1 Å². The minimum absolute atomic E-state index is 0. The predicted molar refractivity (Wildman–Crippen MR) is 52.5 cm³/mol. The quantitative estimate of drug-likeness (QED) is 0.646. The van der Waals surface area contributed by atoms with Crippen LogP contribution in [0, 0.1) is 17.5 Å². The Kier molecular flexibility index (Phi) is 5.26. The first-order chi connectivity index (χ1) is 6.97. The van der Waals surface area contributed by atoms with Crippen molar-refractivity contribution in [2.24, 2.45) is 5.73 Å². The van der Waals surface area contributed by atoms with Gasteiger partial charge in [0.25, 0.3) is 0 Å². The summed E-state index contributed by atoms with van der Waals surface area (Å²) in [6.45, 7) is 0. The van der Waals surface area contributed by atoms with E-state index in [1.807, 2.05) is 0 Å². The molecule has 90 valence electrons. The van der Waals surface area contributed by atoms with Crippen molar-refractivity contribution in [1.82, 2.24) is 0 Å². The highest BCUT2D eigenvalue weighted by Crippen LogP contribution is 2.19. The van der Waals surface area contributed by atoms with E-state index >= 15 is 0 Å². The van der Waals surface area contributed by atoms with Crippen LogP contribution in [-0.2, 0) is 9.53 Å². The van der Waals surface area contributed by atoms with Gasteiger partial charge in [0.2, 0.25) is 0 Å². The molecule has 0 radical (unpaired) electrons. The van der Waals surface area contributed by atoms with Crippen molar-refractivity contribution in [3.63, 3.8) is 0 Å². The lowest BCUT2D eigenvalue weighted by atomic mass is 10.1. The van der Waals surface area contributed by atoms with E-state index in [1.54, 1.807) is 0 Å². The molecule has 0 aliphatic carbocycles. The number of halogens is 4. The van der Waals surface area contributed by atoms with Crippen molar-refractivity contribution in [1.29, 1.82) is 0 Å². The summed E-state index contributed by atoms with van der Waals surface area (Å²) in [5, 5.41) is 0. The fraction of sp³-hybridized carbons (Fsp3) is 0.222. The normalized spacial score (nSPS) is 11.6. The minimum atomic E-state index is -1.47. The summed E-state index contributed by atoms with van der Waals surface area (Å²) >= 11 is 0. The van der Waals surface area contributed by atoms with Gasteiger partial charge in [-0.25, -0.2) is 13.2 Å². The van der Waals surface area contributed by atoms with Gasteiger partial charge in [0.1, 0.15) is 11.9 Å². The van der Waals surface area contributed by atoms with E-state index in [9.17, 15) is 18.0 Å². The lowest BCUT2D eigenvalue weighted by Gasteiger charge is -2.10. The summed E-state index contributed by atoms with van der Waals surface area (Å²) in [4.78, 5) is 10.9. The Hall–Kier alpha value is -1.27. The van der Waals surface area contributed by atoms with Crippen molar-refractivity contribution in [2.45, 2.75) is 6.04 Å². The third-order valence-corrected chi connectivity index (χ3v) is 1.83. The second kappa shape index (κ2) is 5.72. The smallest absolute Gasteiger partial charge is 0.327 e. The van der Waals surface area contributed by atoms with E-state index in [-0.39, 0.29) is 12.4 Å². The highest BCUT2D eigenvalue weighted by molar-refractivity contribution is 5.85. The summed E-state index contributed by atoms with van der Waals surface area (Å²) in [6, 6.07) is -0.607. The summed E-state index contributed by atoms with van der Waals surface area (Å²) in [5.41, 5.74) is 4.82. The number of hydrogen-bond acceptors (Lipinski definition) is 3. The Labute approximate surface area is 95.8 Å². The van der Waals surface area contributed by atoms with Crippen molar-refractivity contribution in [2.75, 3.05) is 7.11 Å². The number of carbonyl (C=O) groups is 1. The van der Waals surface area contributed by atoms with E-state index in [4.69, 9.17) is 5.73 Å². The summed E-state index contributed by atoms with van der Waals surface area (Å²) in [5.74, 6) is -4.63. The van der Waals surface area contributed by atoms with Crippen molar-refractivity contribution < 1.29 is 22.7 Å². The fourth-order valence-corrected chi connectivity index (χ4v) is 1.03. The molecule has 16 heavy (non-hydrogen) atoms. The van der Waals surface area contributed by atoms with Crippen molar-refractivity contribution >= 4 is 18.4 Å². The van der Waals surface area contributed by atoms with Gasteiger partial charge in [0, 0.05) is 11.6 Å². The Morgan fingerprint density at radius 1 is 1.25 bits per heavy atom. The molecule has 0 aliphatic rings. The molecule has 0 unspecified atom stereocenters. The SMILES string of the molecule is COC(=O)[C@H](N)c1cc(F)c(F)cc1F.Cl. The van der Waals surface area contributed by atoms with Crippen molar-refractivity contribution in [3.8, 4) is 0 Å². The molecule has 0 amide bonds. The van der Waals surface area contributed by atoms with Crippen LogP contribution in [0.25, 0.3) is 0 Å². The summed E-state index contributed by atoms with van der Waals surface area (Å²) in [6.07, 6.45) is 0. The third kappa shape index (κ3) is 2.86. The number of methoxy groups -OCH3 is 1. The maximum absolute atomic E-state index is 13.1. The van der Waals surface area contributed by atoms with Crippen LogP contribution in [0.3, 0.4) is 0 Å². The van der Waals surface area contributed by atoms with Gasteiger partial charge >= 0.3 is 5.97 Å². The number of esters is 1. The molecule has 0 saturated heterocycles. The molecule has 0 aromatic heterocycles.